The fraction of sp³-hybridized carbons (Fsp3) is 0.333. The molecule has 0 radical (unpaired) electrons. The third kappa shape index (κ3) is 6.93. The zero-order valence-electron chi connectivity index (χ0n) is 20.1. The second-order valence-corrected chi connectivity index (χ2v) is 8.91. The highest BCUT2D eigenvalue weighted by Crippen LogP contribution is 2.35. The minimum atomic E-state index is -0.972. The zero-order chi connectivity index (χ0) is 25.5. The summed E-state index contributed by atoms with van der Waals surface area (Å²) in [5.74, 6) is -0.293. The lowest BCUT2D eigenvalue weighted by molar-refractivity contribution is -0.136. The van der Waals surface area contributed by atoms with E-state index in [-0.39, 0.29) is 37.3 Å². The number of benzene rings is 2. The molecule has 1 atom stereocenters. The maximum Gasteiger partial charge on any atom is 0.305 e. The fourth-order valence-corrected chi connectivity index (χ4v) is 3.94. The molecule has 0 fully saturated rings. The Balaban J connectivity index is 1.82. The third-order valence-electron chi connectivity index (χ3n) is 5.63. The zero-order valence-corrected chi connectivity index (χ0v) is 20.1. The van der Waals surface area contributed by atoms with Gasteiger partial charge in [0.1, 0.15) is 23.9 Å². The van der Waals surface area contributed by atoms with Crippen LogP contribution < -0.4 is 10.6 Å². The molecule has 1 unspecified atom stereocenters. The summed E-state index contributed by atoms with van der Waals surface area (Å²) in [7, 11) is 0. The van der Waals surface area contributed by atoms with Crippen molar-refractivity contribution in [3.63, 3.8) is 0 Å². The Labute approximate surface area is 204 Å². The highest BCUT2D eigenvalue weighted by atomic mass is 19.1. The molecule has 0 aliphatic rings. The number of furan rings is 1. The Hall–Kier alpha value is -3.65. The smallest absolute Gasteiger partial charge is 0.305 e. The van der Waals surface area contributed by atoms with E-state index in [0.29, 0.717) is 23.0 Å². The number of halogens is 1. The molecule has 3 rings (SSSR count). The van der Waals surface area contributed by atoms with Crippen LogP contribution in [0, 0.1) is 18.7 Å². The highest BCUT2D eigenvalue weighted by Gasteiger charge is 2.22. The number of carbonyl (C=O) groups is 2. The van der Waals surface area contributed by atoms with Crippen LogP contribution in [-0.4, -0.2) is 28.6 Å². The van der Waals surface area contributed by atoms with Crippen LogP contribution in [0.5, 0.6) is 0 Å². The van der Waals surface area contributed by atoms with E-state index in [1.54, 1.807) is 30.3 Å². The average molecular weight is 483 g/mol. The molecule has 186 valence electrons. The second kappa shape index (κ2) is 11.7. The van der Waals surface area contributed by atoms with Gasteiger partial charge in [0.25, 0.3) is 5.91 Å². The Morgan fingerprint density at radius 3 is 2.40 bits per heavy atom. The Morgan fingerprint density at radius 2 is 1.80 bits per heavy atom. The molecule has 7 nitrogen and oxygen atoms in total. The summed E-state index contributed by atoms with van der Waals surface area (Å²) in [4.78, 5) is 22.8. The number of aliphatic hydroxyl groups excluding tert-OH is 1. The van der Waals surface area contributed by atoms with Crippen molar-refractivity contribution >= 4 is 17.6 Å². The van der Waals surface area contributed by atoms with E-state index in [4.69, 9.17) is 9.52 Å². The number of aliphatic carboxylic acids is 1. The van der Waals surface area contributed by atoms with Crippen molar-refractivity contribution in [1.82, 2.24) is 5.32 Å². The fourth-order valence-electron chi connectivity index (χ4n) is 3.94. The van der Waals surface area contributed by atoms with Crippen LogP contribution in [0.25, 0.3) is 11.3 Å². The van der Waals surface area contributed by atoms with Gasteiger partial charge in [0.15, 0.2) is 0 Å². The third-order valence-corrected chi connectivity index (χ3v) is 5.63. The van der Waals surface area contributed by atoms with Gasteiger partial charge < -0.3 is 25.3 Å². The number of amides is 1. The van der Waals surface area contributed by atoms with Gasteiger partial charge >= 0.3 is 5.97 Å². The molecular formula is C27H31FN2O5. The quantitative estimate of drug-likeness (QED) is 0.295. The molecule has 35 heavy (non-hydrogen) atoms. The molecule has 0 saturated heterocycles. The first kappa shape index (κ1) is 26.0. The first-order chi connectivity index (χ1) is 16.7. The van der Waals surface area contributed by atoms with Crippen LogP contribution in [0.15, 0.2) is 52.9 Å². The number of carboxylic acid groups (broad SMARTS) is 1. The van der Waals surface area contributed by atoms with Gasteiger partial charge in [-0.25, -0.2) is 4.39 Å². The number of rotatable bonds is 11. The van der Waals surface area contributed by atoms with Crippen molar-refractivity contribution in [2.24, 2.45) is 5.92 Å². The molecule has 0 spiro atoms. The standard InChI is InChI=1S/C27H31FN2O5/c1-16(2)12-23(30-20-7-4-18(5-8-20)27(34)29-11-10-26(32)33)22-14-24(35-25(22)15-31)21-9-6-19(28)13-17(21)3/h4-9,13-14,16,23,30-31H,10-12,15H2,1-3H3,(H,29,34)(H,32,33). The van der Waals surface area contributed by atoms with Crippen molar-refractivity contribution in [2.75, 3.05) is 11.9 Å². The van der Waals surface area contributed by atoms with Crippen molar-refractivity contribution < 1.29 is 28.6 Å². The lowest BCUT2D eigenvalue weighted by Crippen LogP contribution is -2.25. The summed E-state index contributed by atoms with van der Waals surface area (Å²) >= 11 is 0. The molecule has 3 aromatic rings. The first-order valence-corrected chi connectivity index (χ1v) is 11.5. The highest BCUT2D eigenvalue weighted by molar-refractivity contribution is 5.94. The minimum Gasteiger partial charge on any atom is -0.481 e. The number of carbonyl (C=O) groups excluding carboxylic acids is 1. The molecule has 4 N–H and O–H groups in total. The molecule has 1 amide bonds. The van der Waals surface area contributed by atoms with Crippen LogP contribution >= 0.6 is 0 Å². The summed E-state index contributed by atoms with van der Waals surface area (Å²) in [6.07, 6.45) is 0.616. The van der Waals surface area contributed by atoms with Crippen molar-refractivity contribution in [2.45, 2.75) is 46.3 Å². The van der Waals surface area contributed by atoms with Gasteiger partial charge in [-0.3, -0.25) is 9.59 Å². The maximum atomic E-state index is 13.6. The van der Waals surface area contributed by atoms with E-state index in [2.05, 4.69) is 24.5 Å². The van der Waals surface area contributed by atoms with Crippen LogP contribution in [0.1, 0.15) is 60.0 Å². The van der Waals surface area contributed by atoms with Gasteiger partial charge in [-0.05, 0) is 73.4 Å². The van der Waals surface area contributed by atoms with Gasteiger partial charge in [0, 0.05) is 28.9 Å². The Kier molecular flexibility index (Phi) is 8.65. The molecule has 1 heterocycles. The van der Waals surface area contributed by atoms with Crippen molar-refractivity contribution in [3.05, 3.63) is 76.8 Å². The van der Waals surface area contributed by atoms with Gasteiger partial charge in [0.05, 0.1) is 12.5 Å². The van der Waals surface area contributed by atoms with E-state index >= 15 is 0 Å². The summed E-state index contributed by atoms with van der Waals surface area (Å²) in [5, 5.41) is 24.7. The molecule has 0 aliphatic carbocycles. The maximum absolute atomic E-state index is 13.6. The SMILES string of the molecule is Cc1cc(F)ccc1-c1cc(C(CC(C)C)Nc2ccc(C(=O)NCCC(=O)O)cc2)c(CO)o1. The van der Waals surface area contributed by atoms with Gasteiger partial charge in [-0.1, -0.05) is 13.8 Å². The number of nitrogens with one attached hydrogen (secondary N) is 2. The van der Waals surface area contributed by atoms with Gasteiger partial charge in [-0.15, -0.1) is 0 Å². The predicted octanol–water partition coefficient (Wildman–Crippen LogP) is 5.29. The minimum absolute atomic E-state index is 0.0604. The predicted molar refractivity (Wildman–Crippen MR) is 132 cm³/mol. The number of aryl methyl sites for hydroxylation is 1. The van der Waals surface area contributed by atoms with Gasteiger partial charge in [0.2, 0.25) is 0 Å². The van der Waals surface area contributed by atoms with Crippen molar-refractivity contribution in [3.8, 4) is 11.3 Å². The summed E-state index contributed by atoms with van der Waals surface area (Å²) in [6.45, 7) is 5.79. The number of aliphatic hydroxyl groups is 1. The second-order valence-electron chi connectivity index (χ2n) is 8.91. The monoisotopic (exact) mass is 482 g/mol. The molecule has 2 aromatic carbocycles. The van der Waals surface area contributed by atoms with Crippen LogP contribution in [0.3, 0.4) is 0 Å². The van der Waals surface area contributed by atoms with E-state index in [1.807, 2.05) is 13.0 Å². The van der Waals surface area contributed by atoms with E-state index in [0.717, 1.165) is 28.8 Å². The van der Waals surface area contributed by atoms with Crippen LogP contribution in [-0.2, 0) is 11.4 Å². The Morgan fingerprint density at radius 1 is 1.09 bits per heavy atom. The lowest BCUT2D eigenvalue weighted by Gasteiger charge is -2.22. The molecule has 0 aliphatic heterocycles. The first-order valence-electron chi connectivity index (χ1n) is 11.5. The van der Waals surface area contributed by atoms with E-state index < -0.39 is 5.97 Å². The molecule has 8 heteroatoms. The topological polar surface area (TPSA) is 112 Å². The van der Waals surface area contributed by atoms with E-state index in [9.17, 15) is 19.1 Å². The number of carboxylic acids is 1. The summed E-state index contributed by atoms with van der Waals surface area (Å²) < 4.78 is 19.5. The normalized spacial score (nSPS) is 11.9. The molecular weight excluding hydrogens is 451 g/mol. The lowest BCUT2D eigenvalue weighted by atomic mass is 9.95. The number of anilines is 1. The average Bonchev–Trinajstić information content (AvgIpc) is 3.22. The summed E-state index contributed by atoms with van der Waals surface area (Å²) in [6, 6.07) is 13.1. The molecule has 0 bridgehead atoms. The largest absolute Gasteiger partial charge is 0.481 e. The van der Waals surface area contributed by atoms with Crippen LogP contribution in [0.2, 0.25) is 0 Å². The number of hydrogen-bond donors (Lipinski definition) is 4. The Bertz CT molecular complexity index is 1170. The molecule has 0 saturated carbocycles. The van der Waals surface area contributed by atoms with E-state index in [1.165, 1.54) is 12.1 Å². The van der Waals surface area contributed by atoms with Crippen LogP contribution in [0.4, 0.5) is 10.1 Å². The number of hydrogen-bond acceptors (Lipinski definition) is 5. The van der Waals surface area contributed by atoms with Gasteiger partial charge in [-0.2, -0.15) is 0 Å². The molecule has 1 aromatic heterocycles. The summed E-state index contributed by atoms with van der Waals surface area (Å²) in [5.41, 5.74) is 3.52. The van der Waals surface area contributed by atoms with Crippen molar-refractivity contribution in [1.29, 1.82) is 0 Å².